The molecule has 0 aromatic heterocycles. The van der Waals surface area contributed by atoms with Gasteiger partial charge >= 0.3 is 0 Å². The number of anilines is 3. The molecule has 8 nitrogen and oxygen atoms in total. The van der Waals surface area contributed by atoms with Gasteiger partial charge in [0.15, 0.2) is 0 Å². The molecule has 1 atom stereocenters. The predicted molar refractivity (Wildman–Crippen MR) is 103 cm³/mol. The van der Waals surface area contributed by atoms with Crippen molar-refractivity contribution >= 4 is 34.6 Å². The van der Waals surface area contributed by atoms with Crippen molar-refractivity contribution < 1.29 is 14.5 Å². The van der Waals surface area contributed by atoms with Gasteiger partial charge in [-0.1, -0.05) is 0 Å². The quantitative estimate of drug-likeness (QED) is 0.602. The average molecular weight is 368 g/mol. The number of nitrogens with one attached hydrogen (secondary N) is 2. The van der Waals surface area contributed by atoms with Crippen molar-refractivity contribution in [3.63, 3.8) is 0 Å². The van der Waals surface area contributed by atoms with Crippen LogP contribution in [-0.2, 0) is 9.59 Å². The van der Waals surface area contributed by atoms with E-state index in [1.165, 1.54) is 24.3 Å². The highest BCUT2D eigenvalue weighted by Crippen LogP contribution is 2.23. The van der Waals surface area contributed by atoms with Crippen molar-refractivity contribution in [3.8, 4) is 0 Å². The molecule has 27 heavy (non-hydrogen) atoms. The van der Waals surface area contributed by atoms with Crippen LogP contribution in [0.1, 0.15) is 19.8 Å². The zero-order valence-corrected chi connectivity index (χ0v) is 14.8. The van der Waals surface area contributed by atoms with Crippen molar-refractivity contribution in [1.29, 1.82) is 0 Å². The van der Waals surface area contributed by atoms with Crippen LogP contribution < -0.4 is 15.5 Å². The summed E-state index contributed by atoms with van der Waals surface area (Å²) in [6, 6.07) is 12.5. The molecule has 8 heteroatoms. The number of rotatable bonds is 6. The van der Waals surface area contributed by atoms with Crippen LogP contribution in [0.25, 0.3) is 0 Å². The maximum atomic E-state index is 12.3. The Morgan fingerprint density at radius 3 is 2.30 bits per heavy atom. The van der Waals surface area contributed by atoms with Crippen LogP contribution in [-0.4, -0.2) is 29.3 Å². The fourth-order valence-corrected chi connectivity index (χ4v) is 2.89. The van der Waals surface area contributed by atoms with Crippen LogP contribution in [0.3, 0.4) is 0 Å². The molecule has 1 saturated heterocycles. The van der Waals surface area contributed by atoms with Gasteiger partial charge in [-0.25, -0.2) is 0 Å². The van der Waals surface area contributed by atoms with Gasteiger partial charge in [-0.05, 0) is 49.7 Å². The normalized spacial score (nSPS) is 14.7. The maximum absolute atomic E-state index is 12.3. The molecule has 3 rings (SSSR count). The van der Waals surface area contributed by atoms with Gasteiger partial charge < -0.3 is 15.5 Å². The van der Waals surface area contributed by atoms with Gasteiger partial charge in [-0.2, -0.15) is 0 Å². The van der Waals surface area contributed by atoms with E-state index in [1.54, 1.807) is 11.8 Å². The Kier molecular flexibility index (Phi) is 5.35. The third-order valence-electron chi connectivity index (χ3n) is 4.37. The molecule has 0 aliphatic carbocycles. The van der Waals surface area contributed by atoms with Gasteiger partial charge in [-0.3, -0.25) is 19.7 Å². The van der Waals surface area contributed by atoms with E-state index in [-0.39, 0.29) is 17.5 Å². The number of carbonyl (C=O) groups is 2. The minimum atomic E-state index is -0.514. The number of non-ortho nitro benzene ring substituents is 1. The minimum absolute atomic E-state index is 0.0317. The second-order valence-electron chi connectivity index (χ2n) is 6.36. The zero-order chi connectivity index (χ0) is 19.4. The standard InChI is InChI=1S/C19H20N4O4/c1-13(19(25)21-15-6-10-17(11-7-15)23(26)27)20-14-4-8-16(9-5-14)22-12-2-3-18(22)24/h4-11,13,20H,2-3,12H2,1H3,(H,21,25). The second kappa shape index (κ2) is 7.86. The molecule has 140 valence electrons. The summed E-state index contributed by atoms with van der Waals surface area (Å²) in [7, 11) is 0. The first-order valence-corrected chi connectivity index (χ1v) is 8.66. The number of hydrogen-bond acceptors (Lipinski definition) is 5. The van der Waals surface area contributed by atoms with E-state index in [1.807, 2.05) is 24.3 Å². The van der Waals surface area contributed by atoms with Crippen LogP contribution in [0.15, 0.2) is 48.5 Å². The molecule has 2 aromatic carbocycles. The molecular formula is C19H20N4O4. The summed E-state index contributed by atoms with van der Waals surface area (Å²) in [5, 5.41) is 16.5. The molecule has 2 amide bonds. The summed E-state index contributed by atoms with van der Waals surface area (Å²) < 4.78 is 0. The molecule has 0 spiro atoms. The summed E-state index contributed by atoms with van der Waals surface area (Å²) in [6.07, 6.45) is 1.46. The van der Waals surface area contributed by atoms with Crippen molar-refractivity contribution in [2.24, 2.45) is 0 Å². The lowest BCUT2D eigenvalue weighted by Gasteiger charge is -2.18. The van der Waals surface area contributed by atoms with E-state index in [9.17, 15) is 19.7 Å². The van der Waals surface area contributed by atoms with E-state index >= 15 is 0 Å². The summed E-state index contributed by atoms with van der Waals surface area (Å²) in [6.45, 7) is 2.46. The highest BCUT2D eigenvalue weighted by atomic mass is 16.6. The van der Waals surface area contributed by atoms with Gasteiger partial charge in [0.2, 0.25) is 11.8 Å². The molecular weight excluding hydrogens is 348 g/mol. The van der Waals surface area contributed by atoms with E-state index in [0.29, 0.717) is 12.1 Å². The topological polar surface area (TPSA) is 105 Å². The van der Waals surface area contributed by atoms with Gasteiger partial charge in [0, 0.05) is 42.2 Å². The predicted octanol–water partition coefficient (Wildman–Crippen LogP) is 3.16. The van der Waals surface area contributed by atoms with E-state index < -0.39 is 11.0 Å². The molecule has 2 N–H and O–H groups in total. The molecule has 1 fully saturated rings. The number of carbonyl (C=O) groups excluding carboxylic acids is 2. The molecule has 1 aliphatic rings. The largest absolute Gasteiger partial charge is 0.374 e. The van der Waals surface area contributed by atoms with Crippen LogP contribution in [0.5, 0.6) is 0 Å². The Morgan fingerprint density at radius 2 is 1.74 bits per heavy atom. The van der Waals surface area contributed by atoms with Crippen LogP contribution >= 0.6 is 0 Å². The number of benzene rings is 2. The number of amides is 2. The fourth-order valence-electron chi connectivity index (χ4n) is 2.89. The Hall–Kier alpha value is -3.42. The van der Waals surface area contributed by atoms with Crippen molar-refractivity contribution in [3.05, 3.63) is 58.6 Å². The van der Waals surface area contributed by atoms with E-state index in [0.717, 1.165) is 24.3 Å². The molecule has 0 radical (unpaired) electrons. The SMILES string of the molecule is CC(Nc1ccc(N2CCCC2=O)cc1)C(=O)Nc1ccc([N+](=O)[O-])cc1. The summed E-state index contributed by atoms with van der Waals surface area (Å²) in [5.74, 6) is -0.130. The Bertz CT molecular complexity index is 849. The first kappa shape index (κ1) is 18.4. The maximum Gasteiger partial charge on any atom is 0.269 e. The van der Waals surface area contributed by atoms with E-state index in [4.69, 9.17) is 0 Å². The molecule has 1 aliphatic heterocycles. The molecule has 1 heterocycles. The van der Waals surface area contributed by atoms with Gasteiger partial charge in [0.25, 0.3) is 5.69 Å². The lowest BCUT2D eigenvalue weighted by Crippen LogP contribution is -2.31. The molecule has 0 bridgehead atoms. The summed E-state index contributed by atoms with van der Waals surface area (Å²) >= 11 is 0. The number of hydrogen-bond donors (Lipinski definition) is 2. The fraction of sp³-hybridized carbons (Fsp3) is 0.263. The Balaban J connectivity index is 1.57. The first-order valence-electron chi connectivity index (χ1n) is 8.66. The van der Waals surface area contributed by atoms with Gasteiger partial charge in [0.1, 0.15) is 6.04 Å². The third-order valence-corrected chi connectivity index (χ3v) is 4.37. The van der Waals surface area contributed by atoms with Crippen molar-refractivity contribution in [1.82, 2.24) is 0 Å². The first-order chi connectivity index (χ1) is 12.9. The highest BCUT2D eigenvalue weighted by Gasteiger charge is 2.21. The highest BCUT2D eigenvalue weighted by molar-refractivity contribution is 5.97. The smallest absolute Gasteiger partial charge is 0.269 e. The minimum Gasteiger partial charge on any atom is -0.374 e. The van der Waals surface area contributed by atoms with Crippen molar-refractivity contribution in [2.75, 3.05) is 22.1 Å². The average Bonchev–Trinajstić information content (AvgIpc) is 3.08. The second-order valence-corrected chi connectivity index (χ2v) is 6.36. The lowest BCUT2D eigenvalue weighted by atomic mass is 10.2. The Morgan fingerprint density at radius 1 is 1.11 bits per heavy atom. The summed E-state index contributed by atoms with van der Waals surface area (Å²) in [4.78, 5) is 36.0. The summed E-state index contributed by atoms with van der Waals surface area (Å²) in [5.41, 5.74) is 2.07. The number of nitro groups is 1. The van der Waals surface area contributed by atoms with Crippen molar-refractivity contribution in [2.45, 2.75) is 25.8 Å². The van der Waals surface area contributed by atoms with Crippen LogP contribution in [0, 0.1) is 10.1 Å². The van der Waals surface area contributed by atoms with Crippen LogP contribution in [0.4, 0.5) is 22.7 Å². The third kappa shape index (κ3) is 4.41. The van der Waals surface area contributed by atoms with Gasteiger partial charge in [0.05, 0.1) is 4.92 Å². The van der Waals surface area contributed by atoms with Gasteiger partial charge in [-0.15, -0.1) is 0 Å². The zero-order valence-electron chi connectivity index (χ0n) is 14.8. The molecule has 1 unspecified atom stereocenters. The molecule has 2 aromatic rings. The molecule has 0 saturated carbocycles. The monoisotopic (exact) mass is 368 g/mol. The number of nitro benzene ring substituents is 1. The lowest BCUT2D eigenvalue weighted by molar-refractivity contribution is -0.384. The van der Waals surface area contributed by atoms with E-state index in [2.05, 4.69) is 10.6 Å². The number of nitrogens with zero attached hydrogens (tertiary/aromatic N) is 2. The Labute approximate surface area is 156 Å². The van der Waals surface area contributed by atoms with Crippen LogP contribution in [0.2, 0.25) is 0 Å².